The van der Waals surface area contributed by atoms with Crippen LogP contribution < -0.4 is 15.4 Å². The first-order valence-corrected chi connectivity index (χ1v) is 6.42. The molecule has 21 heavy (non-hydrogen) atoms. The molecule has 1 aromatic heterocycles. The zero-order valence-electron chi connectivity index (χ0n) is 11.8. The molecule has 2 N–H and O–H groups in total. The highest BCUT2D eigenvalue weighted by Crippen LogP contribution is 2.23. The van der Waals surface area contributed by atoms with E-state index in [1.54, 1.807) is 50.4 Å². The molecule has 0 aliphatic carbocycles. The molecule has 0 fully saturated rings. The molecule has 2 aromatic rings. The number of aromatic nitrogens is 2. The van der Waals surface area contributed by atoms with E-state index in [0.29, 0.717) is 23.1 Å². The van der Waals surface area contributed by atoms with E-state index in [2.05, 4.69) is 20.6 Å². The minimum absolute atomic E-state index is 0.186. The van der Waals surface area contributed by atoms with Crippen molar-refractivity contribution in [1.82, 2.24) is 9.97 Å². The molecule has 1 aromatic carbocycles. The van der Waals surface area contributed by atoms with Crippen LogP contribution in [0.25, 0.3) is 0 Å². The smallest absolute Gasteiger partial charge is 0.248 e. The summed E-state index contributed by atoms with van der Waals surface area (Å²) in [5.41, 5.74) is 0.651. The first-order valence-electron chi connectivity index (χ1n) is 6.42. The number of carbonyl (C=O) groups excluding carboxylic acids is 1. The van der Waals surface area contributed by atoms with E-state index in [9.17, 15) is 4.79 Å². The second kappa shape index (κ2) is 7.04. The summed E-state index contributed by atoms with van der Waals surface area (Å²) >= 11 is 0. The summed E-state index contributed by atoms with van der Waals surface area (Å²) in [5.74, 6) is 1.48. The molecule has 0 unspecified atom stereocenters. The Morgan fingerprint density at radius 1 is 1.29 bits per heavy atom. The zero-order chi connectivity index (χ0) is 15.1. The van der Waals surface area contributed by atoms with E-state index in [4.69, 9.17) is 4.74 Å². The Morgan fingerprint density at radius 3 is 2.90 bits per heavy atom. The Labute approximate surface area is 122 Å². The quantitative estimate of drug-likeness (QED) is 0.826. The minimum Gasteiger partial charge on any atom is -0.439 e. The number of anilines is 2. The van der Waals surface area contributed by atoms with Crippen molar-refractivity contribution in [3.05, 3.63) is 48.8 Å². The number of benzene rings is 1. The summed E-state index contributed by atoms with van der Waals surface area (Å²) < 4.78 is 5.64. The monoisotopic (exact) mass is 284 g/mol. The largest absolute Gasteiger partial charge is 0.439 e. The van der Waals surface area contributed by atoms with Crippen LogP contribution in [0.1, 0.15) is 6.92 Å². The molecule has 0 atom stereocenters. The Balaban J connectivity index is 2.11. The molecule has 2 rings (SSSR count). The molecule has 6 nitrogen and oxygen atoms in total. The fourth-order valence-corrected chi connectivity index (χ4v) is 1.63. The molecule has 108 valence electrons. The van der Waals surface area contributed by atoms with Gasteiger partial charge in [0, 0.05) is 24.9 Å². The van der Waals surface area contributed by atoms with Gasteiger partial charge in [0.2, 0.25) is 11.8 Å². The highest BCUT2D eigenvalue weighted by molar-refractivity contribution is 5.99. The number of hydrogen-bond donors (Lipinski definition) is 2. The second-order valence-electron chi connectivity index (χ2n) is 4.11. The number of amides is 1. The van der Waals surface area contributed by atoms with E-state index < -0.39 is 0 Å². The van der Waals surface area contributed by atoms with Gasteiger partial charge in [0.25, 0.3) is 0 Å². The molecule has 1 heterocycles. The van der Waals surface area contributed by atoms with Crippen molar-refractivity contribution in [1.29, 1.82) is 0 Å². The van der Waals surface area contributed by atoms with Crippen LogP contribution in [0, 0.1) is 0 Å². The average Bonchev–Trinajstić information content (AvgIpc) is 2.48. The molecule has 0 aliphatic heterocycles. The van der Waals surface area contributed by atoms with Crippen molar-refractivity contribution in [3.8, 4) is 11.6 Å². The van der Waals surface area contributed by atoms with Gasteiger partial charge in [-0.15, -0.1) is 0 Å². The van der Waals surface area contributed by atoms with Crippen LogP contribution in [0.3, 0.4) is 0 Å². The van der Waals surface area contributed by atoms with Crippen molar-refractivity contribution in [2.24, 2.45) is 0 Å². The number of rotatable bonds is 5. The lowest BCUT2D eigenvalue weighted by Crippen LogP contribution is -2.07. The van der Waals surface area contributed by atoms with Crippen molar-refractivity contribution in [2.45, 2.75) is 6.92 Å². The van der Waals surface area contributed by atoms with Gasteiger partial charge in [-0.1, -0.05) is 12.1 Å². The molecule has 6 heteroatoms. The number of ether oxygens (including phenoxy) is 1. The van der Waals surface area contributed by atoms with Gasteiger partial charge >= 0.3 is 0 Å². The highest BCUT2D eigenvalue weighted by atomic mass is 16.5. The number of carbonyl (C=O) groups is 1. The zero-order valence-corrected chi connectivity index (χ0v) is 11.8. The normalized spacial score (nSPS) is 10.4. The van der Waals surface area contributed by atoms with Gasteiger partial charge < -0.3 is 15.4 Å². The van der Waals surface area contributed by atoms with Gasteiger partial charge in [-0.25, -0.2) is 9.97 Å². The highest BCUT2D eigenvalue weighted by Gasteiger charge is 2.03. The second-order valence-corrected chi connectivity index (χ2v) is 4.11. The van der Waals surface area contributed by atoms with Crippen molar-refractivity contribution < 1.29 is 9.53 Å². The topological polar surface area (TPSA) is 76.1 Å². The molecule has 1 amide bonds. The Kier molecular flexibility index (Phi) is 4.87. The maximum atomic E-state index is 11.5. The van der Waals surface area contributed by atoms with Crippen LogP contribution in [0.2, 0.25) is 0 Å². The third-order valence-electron chi connectivity index (χ3n) is 2.54. The SMILES string of the molecule is C/C=C/C(=O)Nc1cccc(Oc2cc(NC)ncn2)c1. The molecule has 0 bridgehead atoms. The molecular weight excluding hydrogens is 268 g/mol. The molecule has 0 saturated carbocycles. The van der Waals surface area contributed by atoms with Crippen molar-refractivity contribution in [3.63, 3.8) is 0 Å². The summed E-state index contributed by atoms with van der Waals surface area (Å²) in [7, 11) is 1.77. The van der Waals surface area contributed by atoms with Gasteiger partial charge in [0.15, 0.2) is 0 Å². The summed E-state index contributed by atoms with van der Waals surface area (Å²) in [6.07, 6.45) is 4.55. The van der Waals surface area contributed by atoms with Crippen LogP contribution in [0.4, 0.5) is 11.5 Å². The summed E-state index contributed by atoms with van der Waals surface area (Å²) in [4.78, 5) is 19.5. The van der Waals surface area contributed by atoms with E-state index in [1.807, 2.05) is 0 Å². The molecule has 0 radical (unpaired) electrons. The Bertz CT molecular complexity index is 656. The molecule has 0 saturated heterocycles. The predicted octanol–water partition coefficient (Wildman–Crippen LogP) is 2.83. The maximum Gasteiger partial charge on any atom is 0.248 e. The van der Waals surface area contributed by atoms with Gasteiger partial charge in [-0.2, -0.15) is 0 Å². The van der Waals surface area contributed by atoms with Crippen molar-refractivity contribution >= 4 is 17.4 Å². The van der Waals surface area contributed by atoms with Gasteiger partial charge in [0.1, 0.15) is 17.9 Å². The molecule has 0 aliphatic rings. The first-order chi connectivity index (χ1) is 10.2. The summed E-state index contributed by atoms with van der Waals surface area (Å²) in [6.45, 7) is 1.79. The maximum absolute atomic E-state index is 11.5. The fraction of sp³-hybridized carbons (Fsp3) is 0.133. The lowest BCUT2D eigenvalue weighted by Gasteiger charge is -2.08. The third kappa shape index (κ3) is 4.31. The lowest BCUT2D eigenvalue weighted by atomic mass is 10.3. The van der Waals surface area contributed by atoms with Gasteiger partial charge in [-0.05, 0) is 25.1 Å². The van der Waals surface area contributed by atoms with Gasteiger partial charge in [-0.3, -0.25) is 4.79 Å². The van der Waals surface area contributed by atoms with Gasteiger partial charge in [0.05, 0.1) is 0 Å². The predicted molar refractivity (Wildman–Crippen MR) is 81.5 cm³/mol. The van der Waals surface area contributed by atoms with E-state index in [-0.39, 0.29) is 5.91 Å². The Hall–Kier alpha value is -2.89. The summed E-state index contributed by atoms with van der Waals surface area (Å²) in [5, 5.41) is 5.65. The number of nitrogens with zero attached hydrogens (tertiary/aromatic N) is 2. The third-order valence-corrected chi connectivity index (χ3v) is 2.54. The number of allylic oxidation sites excluding steroid dienone is 1. The minimum atomic E-state index is -0.186. The van der Waals surface area contributed by atoms with Crippen LogP contribution in [0.5, 0.6) is 11.6 Å². The van der Waals surface area contributed by atoms with E-state index >= 15 is 0 Å². The van der Waals surface area contributed by atoms with E-state index in [1.165, 1.54) is 12.4 Å². The fourth-order valence-electron chi connectivity index (χ4n) is 1.63. The van der Waals surface area contributed by atoms with Crippen molar-refractivity contribution in [2.75, 3.05) is 17.7 Å². The molecular formula is C15H16N4O2. The van der Waals surface area contributed by atoms with E-state index in [0.717, 1.165) is 0 Å². The number of nitrogens with one attached hydrogen (secondary N) is 2. The first kappa shape index (κ1) is 14.5. The van der Waals surface area contributed by atoms with Crippen LogP contribution in [-0.2, 0) is 4.79 Å². The molecule has 0 spiro atoms. The lowest BCUT2D eigenvalue weighted by molar-refractivity contribution is -0.111. The average molecular weight is 284 g/mol. The standard InChI is InChI=1S/C15H16N4O2/c1-3-5-14(20)19-11-6-4-7-12(8-11)21-15-9-13(16-2)17-10-18-15/h3-10H,1-2H3,(H,19,20)(H,16,17,18)/b5-3+. The summed E-state index contributed by atoms with van der Waals surface area (Å²) in [6, 6.07) is 8.77. The van der Waals surface area contributed by atoms with Crippen LogP contribution >= 0.6 is 0 Å². The number of hydrogen-bond acceptors (Lipinski definition) is 5. The van der Waals surface area contributed by atoms with Crippen LogP contribution in [0.15, 0.2) is 48.8 Å². The Morgan fingerprint density at radius 2 is 2.14 bits per heavy atom. The van der Waals surface area contributed by atoms with Crippen LogP contribution in [-0.4, -0.2) is 22.9 Å².